The van der Waals surface area contributed by atoms with Gasteiger partial charge in [-0.2, -0.15) is 0 Å². The molecule has 1 N–H and O–H groups in total. The van der Waals surface area contributed by atoms with Crippen LogP contribution in [0.15, 0.2) is 24.3 Å². The third kappa shape index (κ3) is 2.56. The van der Waals surface area contributed by atoms with Crippen molar-refractivity contribution in [2.24, 2.45) is 0 Å². The topological polar surface area (TPSA) is 21.3 Å². The van der Waals surface area contributed by atoms with E-state index in [-0.39, 0.29) is 6.10 Å². The van der Waals surface area contributed by atoms with Crippen molar-refractivity contribution in [1.82, 2.24) is 5.32 Å². The predicted octanol–water partition coefficient (Wildman–Crippen LogP) is 2.94. The van der Waals surface area contributed by atoms with Gasteiger partial charge in [0.2, 0.25) is 0 Å². The van der Waals surface area contributed by atoms with E-state index in [0.29, 0.717) is 12.0 Å². The van der Waals surface area contributed by atoms with E-state index in [1.54, 1.807) is 0 Å². The van der Waals surface area contributed by atoms with Crippen LogP contribution < -0.4 is 10.1 Å². The molecule has 2 heteroatoms. The summed E-state index contributed by atoms with van der Waals surface area (Å²) >= 11 is 0. The van der Waals surface area contributed by atoms with E-state index in [1.165, 1.54) is 12.0 Å². The largest absolute Gasteiger partial charge is 0.491 e. The van der Waals surface area contributed by atoms with Gasteiger partial charge in [-0.3, -0.25) is 0 Å². The molecular formula is C14H21NO. The standard InChI is InChI=1S/C14H21NO/c1-10(2)16-13-6-4-12(5-7-13)14-8-9-15-11(14)3/h4-7,10-11,14-15H,8-9H2,1-3H3. The van der Waals surface area contributed by atoms with Crippen molar-refractivity contribution < 1.29 is 4.74 Å². The fourth-order valence-electron chi connectivity index (χ4n) is 2.38. The van der Waals surface area contributed by atoms with Crippen LogP contribution in [0.4, 0.5) is 0 Å². The Bertz CT molecular complexity index is 331. The molecule has 16 heavy (non-hydrogen) atoms. The van der Waals surface area contributed by atoms with E-state index in [0.717, 1.165) is 12.3 Å². The van der Waals surface area contributed by atoms with Gasteiger partial charge in [0.1, 0.15) is 5.75 Å². The molecule has 2 rings (SSSR count). The van der Waals surface area contributed by atoms with Crippen LogP contribution in [-0.2, 0) is 0 Å². The molecule has 2 unspecified atom stereocenters. The highest BCUT2D eigenvalue weighted by atomic mass is 16.5. The maximum atomic E-state index is 5.64. The van der Waals surface area contributed by atoms with E-state index in [2.05, 4.69) is 50.4 Å². The van der Waals surface area contributed by atoms with Crippen LogP contribution in [0.25, 0.3) is 0 Å². The van der Waals surface area contributed by atoms with Gasteiger partial charge in [0, 0.05) is 12.0 Å². The Morgan fingerprint density at radius 1 is 1.25 bits per heavy atom. The van der Waals surface area contributed by atoms with Gasteiger partial charge in [0.05, 0.1) is 6.10 Å². The van der Waals surface area contributed by atoms with Gasteiger partial charge in [0.15, 0.2) is 0 Å². The highest BCUT2D eigenvalue weighted by Crippen LogP contribution is 2.28. The van der Waals surface area contributed by atoms with Gasteiger partial charge in [-0.05, 0) is 51.4 Å². The van der Waals surface area contributed by atoms with E-state index >= 15 is 0 Å². The van der Waals surface area contributed by atoms with Crippen molar-refractivity contribution in [1.29, 1.82) is 0 Å². The van der Waals surface area contributed by atoms with E-state index in [4.69, 9.17) is 4.74 Å². The maximum absolute atomic E-state index is 5.64. The average molecular weight is 219 g/mol. The lowest BCUT2D eigenvalue weighted by atomic mass is 9.93. The van der Waals surface area contributed by atoms with Gasteiger partial charge in [-0.1, -0.05) is 12.1 Å². The summed E-state index contributed by atoms with van der Waals surface area (Å²) in [4.78, 5) is 0. The van der Waals surface area contributed by atoms with Crippen LogP contribution in [0.1, 0.15) is 38.7 Å². The maximum Gasteiger partial charge on any atom is 0.119 e. The molecule has 1 aromatic rings. The van der Waals surface area contributed by atoms with E-state index < -0.39 is 0 Å². The van der Waals surface area contributed by atoms with Crippen molar-refractivity contribution >= 4 is 0 Å². The lowest BCUT2D eigenvalue weighted by Crippen LogP contribution is -2.21. The average Bonchev–Trinajstić information content (AvgIpc) is 2.65. The summed E-state index contributed by atoms with van der Waals surface area (Å²) in [6.07, 6.45) is 1.49. The number of hydrogen-bond donors (Lipinski definition) is 1. The molecule has 0 amide bonds. The fourth-order valence-corrected chi connectivity index (χ4v) is 2.38. The quantitative estimate of drug-likeness (QED) is 0.844. The van der Waals surface area contributed by atoms with Crippen molar-refractivity contribution in [2.75, 3.05) is 6.54 Å². The fraction of sp³-hybridized carbons (Fsp3) is 0.571. The Morgan fingerprint density at radius 2 is 1.94 bits per heavy atom. The smallest absolute Gasteiger partial charge is 0.119 e. The van der Waals surface area contributed by atoms with Gasteiger partial charge in [-0.15, -0.1) is 0 Å². The molecule has 0 bridgehead atoms. The molecule has 1 aromatic carbocycles. The number of nitrogens with one attached hydrogen (secondary N) is 1. The first kappa shape index (κ1) is 11.5. The molecular weight excluding hydrogens is 198 g/mol. The van der Waals surface area contributed by atoms with E-state index in [9.17, 15) is 0 Å². The number of benzene rings is 1. The number of ether oxygens (including phenoxy) is 1. The molecule has 0 aromatic heterocycles. The Morgan fingerprint density at radius 3 is 2.44 bits per heavy atom. The Kier molecular flexibility index (Phi) is 3.49. The molecule has 1 heterocycles. The third-order valence-corrected chi connectivity index (χ3v) is 3.21. The summed E-state index contributed by atoms with van der Waals surface area (Å²) in [5.74, 6) is 1.63. The molecule has 1 fully saturated rings. The summed E-state index contributed by atoms with van der Waals surface area (Å²) in [6, 6.07) is 9.16. The van der Waals surface area contributed by atoms with Gasteiger partial charge in [-0.25, -0.2) is 0 Å². The van der Waals surface area contributed by atoms with Gasteiger partial charge in [0.25, 0.3) is 0 Å². The van der Waals surface area contributed by atoms with Crippen LogP contribution in [0.5, 0.6) is 5.75 Å². The Balaban J connectivity index is 2.07. The zero-order chi connectivity index (χ0) is 11.5. The van der Waals surface area contributed by atoms with Crippen molar-refractivity contribution in [2.45, 2.75) is 45.3 Å². The first-order chi connectivity index (χ1) is 7.66. The highest BCUT2D eigenvalue weighted by molar-refractivity contribution is 5.31. The summed E-state index contributed by atoms with van der Waals surface area (Å²) < 4.78 is 5.64. The minimum absolute atomic E-state index is 0.248. The van der Waals surface area contributed by atoms with Crippen LogP contribution >= 0.6 is 0 Å². The molecule has 0 radical (unpaired) electrons. The molecule has 2 atom stereocenters. The predicted molar refractivity (Wildman–Crippen MR) is 67.0 cm³/mol. The SMILES string of the molecule is CC(C)Oc1ccc(C2CCNC2C)cc1. The minimum Gasteiger partial charge on any atom is -0.491 e. The first-order valence-electron chi connectivity index (χ1n) is 6.17. The lowest BCUT2D eigenvalue weighted by Gasteiger charge is -2.16. The summed E-state index contributed by atoms with van der Waals surface area (Å²) in [7, 11) is 0. The molecule has 0 aliphatic carbocycles. The zero-order valence-corrected chi connectivity index (χ0v) is 10.4. The van der Waals surface area contributed by atoms with Gasteiger partial charge >= 0.3 is 0 Å². The summed E-state index contributed by atoms with van der Waals surface area (Å²) in [5.41, 5.74) is 1.42. The molecule has 1 aliphatic heterocycles. The van der Waals surface area contributed by atoms with Crippen molar-refractivity contribution in [3.63, 3.8) is 0 Å². The van der Waals surface area contributed by atoms with Gasteiger partial charge < -0.3 is 10.1 Å². The molecule has 88 valence electrons. The van der Waals surface area contributed by atoms with Crippen LogP contribution in [0.3, 0.4) is 0 Å². The van der Waals surface area contributed by atoms with Crippen molar-refractivity contribution in [3.05, 3.63) is 29.8 Å². The van der Waals surface area contributed by atoms with E-state index in [1.807, 2.05) is 0 Å². The Hall–Kier alpha value is -1.02. The van der Waals surface area contributed by atoms with Crippen molar-refractivity contribution in [3.8, 4) is 5.75 Å². The number of hydrogen-bond acceptors (Lipinski definition) is 2. The first-order valence-corrected chi connectivity index (χ1v) is 6.17. The number of rotatable bonds is 3. The third-order valence-electron chi connectivity index (χ3n) is 3.21. The van der Waals surface area contributed by atoms with Crippen LogP contribution in [-0.4, -0.2) is 18.7 Å². The second kappa shape index (κ2) is 4.88. The Labute approximate surface area is 98.0 Å². The minimum atomic E-state index is 0.248. The second-order valence-corrected chi connectivity index (χ2v) is 4.87. The zero-order valence-electron chi connectivity index (χ0n) is 10.4. The second-order valence-electron chi connectivity index (χ2n) is 4.87. The summed E-state index contributed by atoms with van der Waals surface area (Å²) in [6.45, 7) is 7.50. The highest BCUT2D eigenvalue weighted by Gasteiger charge is 2.23. The monoisotopic (exact) mass is 219 g/mol. The summed E-state index contributed by atoms with van der Waals surface area (Å²) in [5, 5.41) is 3.48. The lowest BCUT2D eigenvalue weighted by molar-refractivity contribution is 0.242. The van der Waals surface area contributed by atoms with Crippen LogP contribution in [0, 0.1) is 0 Å². The van der Waals surface area contributed by atoms with Crippen LogP contribution in [0.2, 0.25) is 0 Å². The molecule has 0 spiro atoms. The molecule has 0 saturated carbocycles. The molecule has 1 saturated heterocycles. The normalized spacial score (nSPS) is 25.0. The molecule has 2 nitrogen and oxygen atoms in total. The molecule has 1 aliphatic rings.